The summed E-state index contributed by atoms with van der Waals surface area (Å²) in [4.78, 5) is 25.8. The fourth-order valence-corrected chi connectivity index (χ4v) is 4.02. The minimum atomic E-state index is -0.847. The predicted octanol–water partition coefficient (Wildman–Crippen LogP) is 3.64. The van der Waals surface area contributed by atoms with Crippen molar-refractivity contribution < 1.29 is 14.7 Å². The van der Waals surface area contributed by atoms with Crippen molar-refractivity contribution in [3.05, 3.63) is 71.9 Å². The Morgan fingerprint density at radius 1 is 1.03 bits per heavy atom. The number of rotatable bonds is 6. The van der Waals surface area contributed by atoms with Crippen LogP contribution in [0, 0.1) is 0 Å². The van der Waals surface area contributed by atoms with Crippen LogP contribution in [-0.2, 0) is 24.3 Å². The first kappa shape index (κ1) is 19.1. The van der Waals surface area contributed by atoms with Crippen LogP contribution in [0.3, 0.4) is 0 Å². The highest BCUT2D eigenvalue weighted by atomic mass is 16.4. The van der Waals surface area contributed by atoms with Gasteiger partial charge in [0.1, 0.15) is 0 Å². The molecule has 150 valence electrons. The molecule has 1 atom stereocenters. The van der Waals surface area contributed by atoms with Crippen molar-refractivity contribution >= 4 is 22.9 Å². The quantitative estimate of drug-likeness (QED) is 0.674. The normalized spacial score (nSPS) is 14.4. The van der Waals surface area contributed by atoms with Crippen LogP contribution in [0.1, 0.15) is 24.1 Å². The van der Waals surface area contributed by atoms with E-state index in [1.807, 2.05) is 47.4 Å². The maximum Gasteiger partial charge on any atom is 0.318 e. The van der Waals surface area contributed by atoms with E-state index in [2.05, 4.69) is 28.1 Å². The van der Waals surface area contributed by atoms with Crippen molar-refractivity contribution in [1.82, 2.24) is 14.8 Å². The van der Waals surface area contributed by atoms with Gasteiger partial charge in [0.25, 0.3) is 0 Å². The number of carbonyl (C=O) groups is 2. The van der Waals surface area contributed by atoms with Gasteiger partial charge in [0, 0.05) is 36.8 Å². The molecule has 0 aliphatic carbocycles. The van der Waals surface area contributed by atoms with Gasteiger partial charge in [-0.15, -0.1) is 0 Å². The van der Waals surface area contributed by atoms with E-state index in [0.717, 1.165) is 17.8 Å². The summed E-state index contributed by atoms with van der Waals surface area (Å²) in [5.41, 5.74) is 3.41. The van der Waals surface area contributed by atoms with Gasteiger partial charge >= 0.3 is 12.0 Å². The topological polar surface area (TPSA) is 74.6 Å². The van der Waals surface area contributed by atoms with E-state index in [9.17, 15) is 9.59 Å². The SMILES string of the molecule is O=C(O)CCC(Cc1ccccc1)NC(=O)N1CCn2c(cc3ccccc32)C1. The molecule has 0 spiro atoms. The van der Waals surface area contributed by atoms with Crippen molar-refractivity contribution in [1.29, 1.82) is 0 Å². The lowest BCUT2D eigenvalue weighted by molar-refractivity contribution is -0.137. The number of nitrogens with one attached hydrogen (secondary N) is 1. The summed E-state index contributed by atoms with van der Waals surface area (Å²) in [5, 5.41) is 13.3. The summed E-state index contributed by atoms with van der Waals surface area (Å²) < 4.78 is 2.27. The van der Waals surface area contributed by atoms with Crippen molar-refractivity contribution in [2.45, 2.75) is 38.4 Å². The van der Waals surface area contributed by atoms with Gasteiger partial charge in [-0.1, -0.05) is 48.5 Å². The lowest BCUT2D eigenvalue weighted by atomic mass is 10.0. The van der Waals surface area contributed by atoms with Crippen LogP contribution < -0.4 is 5.32 Å². The Morgan fingerprint density at radius 3 is 2.59 bits per heavy atom. The zero-order valence-corrected chi connectivity index (χ0v) is 16.3. The Balaban J connectivity index is 1.44. The highest BCUT2D eigenvalue weighted by Crippen LogP contribution is 2.24. The Hall–Kier alpha value is -3.28. The number of aromatic nitrogens is 1. The molecule has 2 amide bonds. The molecule has 29 heavy (non-hydrogen) atoms. The Kier molecular flexibility index (Phi) is 5.51. The fraction of sp³-hybridized carbons (Fsp3) is 0.304. The van der Waals surface area contributed by atoms with Crippen molar-refractivity contribution in [2.24, 2.45) is 0 Å². The molecule has 0 bridgehead atoms. The van der Waals surface area contributed by atoms with E-state index in [4.69, 9.17) is 5.11 Å². The second-order valence-corrected chi connectivity index (χ2v) is 7.54. The van der Waals surface area contributed by atoms with E-state index in [-0.39, 0.29) is 18.5 Å². The second-order valence-electron chi connectivity index (χ2n) is 7.54. The van der Waals surface area contributed by atoms with Gasteiger partial charge in [-0.25, -0.2) is 4.79 Å². The zero-order chi connectivity index (χ0) is 20.2. The number of amides is 2. The molecule has 1 aliphatic rings. The van der Waals surface area contributed by atoms with Crippen molar-refractivity contribution in [3.8, 4) is 0 Å². The minimum Gasteiger partial charge on any atom is -0.481 e. The number of aliphatic carboxylic acids is 1. The minimum absolute atomic E-state index is 0.0338. The molecule has 1 aromatic heterocycles. The van der Waals surface area contributed by atoms with E-state index in [1.165, 1.54) is 10.9 Å². The third kappa shape index (κ3) is 4.42. The number of carboxylic acids is 1. The summed E-state index contributed by atoms with van der Waals surface area (Å²) in [6, 6.07) is 19.9. The van der Waals surface area contributed by atoms with Crippen LogP contribution in [0.2, 0.25) is 0 Å². The first-order valence-corrected chi connectivity index (χ1v) is 9.98. The molecular weight excluding hydrogens is 366 g/mol. The summed E-state index contributed by atoms with van der Waals surface area (Å²) in [6.45, 7) is 1.95. The molecule has 4 rings (SSSR count). The molecule has 2 aromatic carbocycles. The van der Waals surface area contributed by atoms with E-state index in [1.54, 1.807) is 0 Å². The number of hydrogen-bond acceptors (Lipinski definition) is 2. The molecule has 6 nitrogen and oxygen atoms in total. The number of carboxylic acid groups (broad SMARTS) is 1. The Bertz CT molecular complexity index is 1010. The number of urea groups is 1. The molecule has 1 unspecified atom stereocenters. The van der Waals surface area contributed by atoms with E-state index in [0.29, 0.717) is 25.9 Å². The second kappa shape index (κ2) is 8.39. The summed E-state index contributed by atoms with van der Waals surface area (Å²) in [6.07, 6.45) is 1.06. The number of benzene rings is 2. The molecule has 6 heteroatoms. The molecule has 0 saturated heterocycles. The molecular formula is C23H25N3O3. The first-order valence-electron chi connectivity index (χ1n) is 9.98. The van der Waals surface area contributed by atoms with Crippen LogP contribution in [0.15, 0.2) is 60.7 Å². The first-order chi connectivity index (χ1) is 14.1. The highest BCUT2D eigenvalue weighted by molar-refractivity contribution is 5.82. The third-order valence-electron chi connectivity index (χ3n) is 5.49. The number of carbonyl (C=O) groups excluding carboxylic acids is 1. The smallest absolute Gasteiger partial charge is 0.318 e. The van der Waals surface area contributed by atoms with Gasteiger partial charge in [0.2, 0.25) is 0 Å². The lowest BCUT2D eigenvalue weighted by Gasteiger charge is -2.31. The van der Waals surface area contributed by atoms with Crippen LogP contribution in [0.4, 0.5) is 4.79 Å². The summed E-state index contributed by atoms with van der Waals surface area (Å²) in [7, 11) is 0. The monoisotopic (exact) mass is 391 g/mol. The van der Waals surface area contributed by atoms with Gasteiger partial charge in [-0.05, 0) is 35.9 Å². The lowest BCUT2D eigenvalue weighted by Crippen LogP contribution is -2.48. The molecule has 0 saturated carbocycles. The van der Waals surface area contributed by atoms with Crippen LogP contribution in [-0.4, -0.2) is 39.2 Å². The third-order valence-corrected chi connectivity index (χ3v) is 5.49. The maximum absolute atomic E-state index is 12.9. The van der Waals surface area contributed by atoms with Crippen LogP contribution >= 0.6 is 0 Å². The summed E-state index contributed by atoms with van der Waals surface area (Å²) >= 11 is 0. The van der Waals surface area contributed by atoms with Crippen molar-refractivity contribution in [2.75, 3.05) is 6.54 Å². The number of nitrogens with zero attached hydrogens (tertiary/aromatic N) is 2. The molecule has 1 aliphatic heterocycles. The highest BCUT2D eigenvalue weighted by Gasteiger charge is 2.24. The average molecular weight is 391 g/mol. The standard InChI is InChI=1S/C23H25N3O3/c27-22(28)11-10-19(14-17-6-2-1-3-7-17)24-23(29)25-12-13-26-20(16-25)15-18-8-4-5-9-21(18)26/h1-9,15,19H,10-14,16H2,(H,24,29)(H,27,28). The molecule has 2 heterocycles. The summed E-state index contributed by atoms with van der Waals surface area (Å²) in [5.74, 6) is -0.847. The van der Waals surface area contributed by atoms with E-state index >= 15 is 0 Å². The molecule has 0 radical (unpaired) electrons. The molecule has 0 fully saturated rings. The number of hydrogen-bond donors (Lipinski definition) is 2. The average Bonchev–Trinajstić information content (AvgIpc) is 3.10. The van der Waals surface area contributed by atoms with Gasteiger partial charge in [-0.3, -0.25) is 4.79 Å². The van der Waals surface area contributed by atoms with Crippen LogP contribution in [0.25, 0.3) is 10.9 Å². The Labute approximate surface area is 169 Å². The maximum atomic E-state index is 12.9. The Morgan fingerprint density at radius 2 is 1.79 bits per heavy atom. The molecule has 3 aromatic rings. The largest absolute Gasteiger partial charge is 0.481 e. The number of fused-ring (bicyclic) bond motifs is 3. The molecule has 2 N–H and O–H groups in total. The number of para-hydroxylation sites is 1. The predicted molar refractivity (Wildman–Crippen MR) is 112 cm³/mol. The van der Waals surface area contributed by atoms with Gasteiger partial charge in [0.15, 0.2) is 0 Å². The van der Waals surface area contributed by atoms with Gasteiger partial charge < -0.3 is 19.9 Å². The zero-order valence-electron chi connectivity index (χ0n) is 16.3. The van der Waals surface area contributed by atoms with Gasteiger partial charge in [-0.2, -0.15) is 0 Å². The van der Waals surface area contributed by atoms with Crippen LogP contribution in [0.5, 0.6) is 0 Å². The van der Waals surface area contributed by atoms with E-state index < -0.39 is 5.97 Å². The van der Waals surface area contributed by atoms with Gasteiger partial charge in [0.05, 0.1) is 6.54 Å². The van der Waals surface area contributed by atoms with Crippen molar-refractivity contribution in [3.63, 3.8) is 0 Å². The fourth-order valence-electron chi connectivity index (χ4n) is 4.02.